The number of benzene rings is 1. The fraction of sp³-hybridized carbons (Fsp3) is 0.400. The van der Waals surface area contributed by atoms with Gasteiger partial charge in [0, 0.05) is 36.3 Å². The molecule has 5 heteroatoms. The Kier molecular flexibility index (Phi) is 3.40. The molecule has 0 spiro atoms. The Hall–Kier alpha value is -1.59. The molecule has 2 aromatic rings. The average Bonchev–Trinajstić information content (AvgIpc) is 2.75. The first-order valence-electron chi connectivity index (χ1n) is 6.82. The molecular weight excluding hydrogens is 270 g/mol. The van der Waals surface area contributed by atoms with Crippen molar-refractivity contribution in [1.29, 1.82) is 0 Å². The molecule has 106 valence electrons. The summed E-state index contributed by atoms with van der Waals surface area (Å²) >= 11 is 1.51. The Balaban J connectivity index is 1.93. The van der Waals surface area contributed by atoms with Gasteiger partial charge < -0.3 is 15.5 Å². The molecule has 1 amide bonds. The van der Waals surface area contributed by atoms with Gasteiger partial charge in [0.05, 0.1) is 5.69 Å². The second-order valence-corrected chi connectivity index (χ2v) is 6.49. The quantitative estimate of drug-likeness (QED) is 0.875. The lowest BCUT2D eigenvalue weighted by Crippen LogP contribution is -2.47. The highest BCUT2D eigenvalue weighted by atomic mass is 32.1. The number of rotatable bonds is 1. The van der Waals surface area contributed by atoms with E-state index in [4.69, 9.17) is 5.73 Å². The highest BCUT2D eigenvalue weighted by Gasteiger charge is 2.24. The van der Waals surface area contributed by atoms with Crippen LogP contribution in [0, 0.1) is 6.92 Å². The molecule has 0 radical (unpaired) electrons. The Morgan fingerprint density at radius 3 is 2.65 bits per heavy atom. The van der Waals surface area contributed by atoms with Crippen molar-refractivity contribution in [2.45, 2.75) is 6.92 Å². The van der Waals surface area contributed by atoms with E-state index in [1.807, 2.05) is 17.0 Å². The fourth-order valence-corrected chi connectivity index (χ4v) is 3.72. The first-order chi connectivity index (χ1) is 9.56. The number of nitrogen functional groups attached to an aromatic ring is 1. The second-order valence-electron chi connectivity index (χ2n) is 5.44. The zero-order chi connectivity index (χ0) is 14.3. The molecule has 1 aromatic heterocycles. The van der Waals surface area contributed by atoms with E-state index in [9.17, 15) is 4.79 Å². The topological polar surface area (TPSA) is 49.6 Å². The molecule has 2 N–H and O–H groups in total. The number of hydrogen-bond donors (Lipinski definition) is 1. The van der Waals surface area contributed by atoms with Crippen LogP contribution in [0.15, 0.2) is 18.2 Å². The number of amides is 1. The monoisotopic (exact) mass is 289 g/mol. The molecule has 1 aromatic carbocycles. The third-order valence-electron chi connectivity index (χ3n) is 3.87. The minimum atomic E-state index is 0.0782. The molecule has 1 aliphatic heterocycles. The standard InChI is InChI=1S/C15H19N3OS/c1-10-3-4-11-12(9-10)20-14(13(11)16)15(19)18-7-5-17(2)6-8-18/h3-4,9H,5-8,16H2,1-2H3. The van der Waals surface area contributed by atoms with Crippen molar-refractivity contribution in [3.05, 3.63) is 28.6 Å². The van der Waals surface area contributed by atoms with Gasteiger partial charge in [-0.1, -0.05) is 12.1 Å². The largest absolute Gasteiger partial charge is 0.397 e. The Morgan fingerprint density at radius 1 is 1.25 bits per heavy atom. The van der Waals surface area contributed by atoms with Crippen LogP contribution in [0.2, 0.25) is 0 Å². The Bertz CT molecular complexity index is 656. The van der Waals surface area contributed by atoms with Crippen LogP contribution in [0.1, 0.15) is 15.2 Å². The molecule has 20 heavy (non-hydrogen) atoms. The van der Waals surface area contributed by atoms with E-state index < -0.39 is 0 Å². The summed E-state index contributed by atoms with van der Waals surface area (Å²) in [5.41, 5.74) is 8.00. The van der Waals surface area contributed by atoms with Crippen LogP contribution < -0.4 is 5.73 Å². The van der Waals surface area contributed by atoms with Crippen LogP contribution in [0.3, 0.4) is 0 Å². The highest BCUT2D eigenvalue weighted by Crippen LogP contribution is 2.35. The summed E-state index contributed by atoms with van der Waals surface area (Å²) in [6.07, 6.45) is 0. The summed E-state index contributed by atoms with van der Waals surface area (Å²) in [5.74, 6) is 0.0782. The van der Waals surface area contributed by atoms with E-state index in [0.717, 1.165) is 36.3 Å². The maximum absolute atomic E-state index is 12.6. The van der Waals surface area contributed by atoms with Crippen LogP contribution in [0.4, 0.5) is 5.69 Å². The van der Waals surface area contributed by atoms with Gasteiger partial charge >= 0.3 is 0 Å². The third-order valence-corrected chi connectivity index (χ3v) is 5.02. The van der Waals surface area contributed by atoms with E-state index in [1.165, 1.54) is 16.9 Å². The SMILES string of the molecule is Cc1ccc2c(N)c(C(=O)N3CCN(C)CC3)sc2c1. The zero-order valence-corrected chi connectivity index (χ0v) is 12.7. The van der Waals surface area contributed by atoms with Crippen molar-refractivity contribution < 1.29 is 4.79 Å². The molecule has 0 bridgehead atoms. The lowest BCUT2D eigenvalue weighted by atomic mass is 10.1. The molecule has 0 aliphatic carbocycles. The normalized spacial score (nSPS) is 16.8. The smallest absolute Gasteiger partial charge is 0.266 e. The summed E-state index contributed by atoms with van der Waals surface area (Å²) in [4.78, 5) is 17.5. The zero-order valence-electron chi connectivity index (χ0n) is 11.8. The van der Waals surface area contributed by atoms with Gasteiger partial charge in [0.1, 0.15) is 4.88 Å². The average molecular weight is 289 g/mol. The number of fused-ring (bicyclic) bond motifs is 1. The van der Waals surface area contributed by atoms with Gasteiger partial charge in [0.25, 0.3) is 5.91 Å². The van der Waals surface area contributed by atoms with E-state index >= 15 is 0 Å². The first-order valence-corrected chi connectivity index (χ1v) is 7.64. The number of nitrogens with zero attached hydrogens (tertiary/aromatic N) is 2. The molecule has 2 heterocycles. The van der Waals surface area contributed by atoms with Crippen LogP contribution in [0.25, 0.3) is 10.1 Å². The summed E-state index contributed by atoms with van der Waals surface area (Å²) in [7, 11) is 2.08. The van der Waals surface area contributed by atoms with Gasteiger partial charge in [0.15, 0.2) is 0 Å². The van der Waals surface area contributed by atoms with Crippen molar-refractivity contribution in [1.82, 2.24) is 9.80 Å². The van der Waals surface area contributed by atoms with Crippen molar-refractivity contribution >= 4 is 33.0 Å². The maximum Gasteiger partial charge on any atom is 0.266 e. The molecule has 1 saturated heterocycles. The van der Waals surface area contributed by atoms with Gasteiger partial charge in [-0.2, -0.15) is 0 Å². The van der Waals surface area contributed by atoms with Crippen LogP contribution in [0.5, 0.6) is 0 Å². The van der Waals surface area contributed by atoms with Crippen LogP contribution in [-0.2, 0) is 0 Å². The number of aryl methyl sites for hydroxylation is 1. The summed E-state index contributed by atoms with van der Waals surface area (Å²) in [5, 5.41) is 0.998. The fourth-order valence-electron chi connectivity index (χ4n) is 2.54. The molecule has 1 aliphatic rings. The number of thiophene rings is 1. The van der Waals surface area contributed by atoms with E-state index in [2.05, 4.69) is 24.9 Å². The van der Waals surface area contributed by atoms with Gasteiger partial charge in [-0.05, 0) is 25.6 Å². The van der Waals surface area contributed by atoms with Crippen molar-refractivity contribution in [2.24, 2.45) is 0 Å². The highest BCUT2D eigenvalue weighted by molar-refractivity contribution is 7.21. The number of nitrogens with two attached hydrogens (primary N) is 1. The number of hydrogen-bond acceptors (Lipinski definition) is 4. The molecule has 0 unspecified atom stereocenters. The first kappa shape index (κ1) is 13.4. The number of carbonyl (C=O) groups is 1. The molecule has 1 fully saturated rings. The number of likely N-dealkylation sites (N-methyl/N-ethyl adjacent to an activating group) is 1. The van der Waals surface area contributed by atoms with Crippen LogP contribution >= 0.6 is 11.3 Å². The lowest BCUT2D eigenvalue weighted by molar-refractivity contribution is 0.0670. The Labute approximate surface area is 122 Å². The van der Waals surface area contributed by atoms with Gasteiger partial charge in [0.2, 0.25) is 0 Å². The van der Waals surface area contributed by atoms with Gasteiger partial charge in [-0.15, -0.1) is 11.3 Å². The van der Waals surface area contributed by atoms with Gasteiger partial charge in [-0.25, -0.2) is 0 Å². The van der Waals surface area contributed by atoms with Crippen molar-refractivity contribution in [3.8, 4) is 0 Å². The number of carbonyl (C=O) groups excluding carboxylic acids is 1. The van der Waals surface area contributed by atoms with Crippen molar-refractivity contribution in [3.63, 3.8) is 0 Å². The van der Waals surface area contributed by atoms with E-state index in [1.54, 1.807) is 0 Å². The van der Waals surface area contributed by atoms with E-state index in [0.29, 0.717) is 10.6 Å². The molecule has 0 saturated carbocycles. The third kappa shape index (κ3) is 2.27. The molecular formula is C15H19N3OS. The van der Waals surface area contributed by atoms with Crippen LogP contribution in [-0.4, -0.2) is 48.9 Å². The lowest BCUT2D eigenvalue weighted by Gasteiger charge is -2.32. The van der Waals surface area contributed by atoms with E-state index in [-0.39, 0.29) is 5.91 Å². The van der Waals surface area contributed by atoms with Gasteiger partial charge in [-0.3, -0.25) is 4.79 Å². The molecule has 3 rings (SSSR count). The number of anilines is 1. The minimum Gasteiger partial charge on any atom is -0.397 e. The molecule has 4 nitrogen and oxygen atoms in total. The summed E-state index contributed by atoms with van der Waals surface area (Å²) in [6.45, 7) is 5.46. The Morgan fingerprint density at radius 2 is 1.95 bits per heavy atom. The maximum atomic E-state index is 12.6. The summed E-state index contributed by atoms with van der Waals surface area (Å²) in [6, 6.07) is 6.14. The predicted molar refractivity (Wildman–Crippen MR) is 84.4 cm³/mol. The minimum absolute atomic E-state index is 0.0782. The summed E-state index contributed by atoms with van der Waals surface area (Å²) < 4.78 is 1.10. The number of piperazine rings is 1. The predicted octanol–water partition coefficient (Wildman–Crippen LogP) is 2.18. The molecule has 0 atom stereocenters. The van der Waals surface area contributed by atoms with Crippen molar-refractivity contribution in [2.75, 3.05) is 39.0 Å². The second kappa shape index (κ2) is 5.07.